The Morgan fingerprint density at radius 2 is 1.56 bits per heavy atom. The van der Waals surface area contributed by atoms with Crippen LogP contribution in [-0.2, 0) is 0 Å². The van der Waals surface area contributed by atoms with Crippen molar-refractivity contribution < 1.29 is 32.8 Å². The molecule has 248 valence electrons. The molecule has 0 unspecified atom stereocenters. The van der Waals surface area contributed by atoms with E-state index in [1.807, 2.05) is 6.07 Å². The Labute approximate surface area is 279 Å². The van der Waals surface area contributed by atoms with Gasteiger partial charge < -0.3 is 37.8 Å². The summed E-state index contributed by atoms with van der Waals surface area (Å²) in [5.74, 6) is 2.52. The van der Waals surface area contributed by atoms with Crippen molar-refractivity contribution in [1.29, 1.82) is 5.26 Å². The van der Waals surface area contributed by atoms with Gasteiger partial charge in [-0.15, -0.1) is 0 Å². The van der Waals surface area contributed by atoms with Gasteiger partial charge in [-0.3, -0.25) is 14.6 Å². The Morgan fingerprint density at radius 3 is 2.19 bits per heavy atom. The summed E-state index contributed by atoms with van der Waals surface area (Å²) in [7, 11) is 7.44. The van der Waals surface area contributed by atoms with Crippen molar-refractivity contribution in [2.24, 2.45) is 0 Å². The summed E-state index contributed by atoms with van der Waals surface area (Å²) in [4.78, 5) is 37.8. The van der Waals surface area contributed by atoms with Crippen LogP contribution in [-0.4, -0.2) is 62.9 Å². The number of thioether (sulfide) groups is 1. The minimum absolute atomic E-state index is 0.0204. The minimum atomic E-state index is -0.513. The molecule has 0 radical (unpaired) electrons. The van der Waals surface area contributed by atoms with Crippen LogP contribution in [0.3, 0.4) is 0 Å². The summed E-state index contributed by atoms with van der Waals surface area (Å²) in [6, 6.07) is 11.8. The number of unbranched alkanes of at least 4 members (excludes halogenated alkanes) is 1. The van der Waals surface area contributed by atoms with Crippen LogP contribution in [0.25, 0.3) is 33.6 Å². The van der Waals surface area contributed by atoms with Gasteiger partial charge in [0, 0.05) is 41.4 Å². The van der Waals surface area contributed by atoms with E-state index in [2.05, 4.69) is 15.0 Å². The normalized spacial score (nSPS) is 10.8. The standard InChI is InChI=1S/C34H32N4O9S/c1-41-21-16-23(42-2)27-24(17-21)47-30(20-14-25(43-3)31(45-5)26(15-20)44-4)32(29(27)39)46-12-6-7-13-48-34-37-28(19-8-10-36-11-9-19)22(18-35)33(40)38-34/h8-11,14-17H,6-7,12-13H2,1-5H3,(H,37,38,40). The van der Waals surface area contributed by atoms with E-state index < -0.39 is 11.0 Å². The first-order chi connectivity index (χ1) is 23.4. The highest BCUT2D eigenvalue weighted by atomic mass is 32.2. The minimum Gasteiger partial charge on any atom is -0.496 e. The third-order valence-electron chi connectivity index (χ3n) is 7.26. The third kappa shape index (κ3) is 6.86. The topological polar surface area (TPSA) is 168 Å². The van der Waals surface area contributed by atoms with Crippen LogP contribution in [0.2, 0.25) is 0 Å². The van der Waals surface area contributed by atoms with Crippen LogP contribution in [0.15, 0.2) is 68.0 Å². The van der Waals surface area contributed by atoms with E-state index in [4.69, 9.17) is 32.8 Å². The molecule has 3 heterocycles. The monoisotopic (exact) mass is 672 g/mol. The largest absolute Gasteiger partial charge is 0.496 e. The average molecular weight is 673 g/mol. The van der Waals surface area contributed by atoms with Crippen molar-refractivity contribution in [3.63, 3.8) is 0 Å². The van der Waals surface area contributed by atoms with Crippen LogP contribution in [0.4, 0.5) is 0 Å². The van der Waals surface area contributed by atoms with Gasteiger partial charge in [-0.25, -0.2) is 4.98 Å². The van der Waals surface area contributed by atoms with Crippen molar-refractivity contribution in [3.8, 4) is 63.1 Å². The average Bonchev–Trinajstić information content (AvgIpc) is 3.12. The van der Waals surface area contributed by atoms with E-state index in [1.165, 1.54) is 47.3 Å². The second-order valence-corrected chi connectivity index (χ2v) is 11.1. The maximum absolute atomic E-state index is 14.0. The summed E-state index contributed by atoms with van der Waals surface area (Å²) in [6.07, 6.45) is 4.35. The number of aromatic nitrogens is 3. The molecule has 0 aliphatic heterocycles. The molecule has 5 rings (SSSR count). The second-order valence-electron chi connectivity index (χ2n) is 10.1. The Morgan fingerprint density at radius 1 is 0.854 bits per heavy atom. The molecule has 48 heavy (non-hydrogen) atoms. The number of ether oxygens (including phenoxy) is 6. The fourth-order valence-corrected chi connectivity index (χ4v) is 5.81. The lowest BCUT2D eigenvalue weighted by Gasteiger charge is -2.17. The number of methoxy groups -OCH3 is 5. The summed E-state index contributed by atoms with van der Waals surface area (Å²) in [6.45, 7) is 0.173. The highest BCUT2D eigenvalue weighted by Gasteiger charge is 2.24. The molecule has 0 saturated heterocycles. The lowest BCUT2D eigenvalue weighted by Crippen LogP contribution is -2.15. The maximum atomic E-state index is 14.0. The Kier molecular flexibility index (Phi) is 10.7. The van der Waals surface area contributed by atoms with Gasteiger partial charge in [-0.1, -0.05) is 11.8 Å². The molecule has 14 heteroatoms. The smallest absolute Gasteiger partial charge is 0.270 e. The van der Waals surface area contributed by atoms with Gasteiger partial charge in [0.2, 0.25) is 16.9 Å². The van der Waals surface area contributed by atoms with Gasteiger partial charge in [0.15, 0.2) is 22.4 Å². The SMILES string of the molecule is COc1cc(OC)c2c(=O)c(OCCCCSc3nc(-c4ccncc4)c(C#N)c(=O)[nH]3)c(-c3cc(OC)c(OC)c(OC)c3)oc2c1. The number of nitrogens with one attached hydrogen (secondary N) is 1. The molecule has 0 bridgehead atoms. The van der Waals surface area contributed by atoms with Gasteiger partial charge in [0.05, 0.1) is 47.8 Å². The summed E-state index contributed by atoms with van der Waals surface area (Å²) in [5.41, 5.74) is 0.596. The Hall–Kier alpha value is -5.68. The van der Waals surface area contributed by atoms with E-state index in [0.29, 0.717) is 63.6 Å². The number of pyridine rings is 1. The molecule has 0 atom stereocenters. The van der Waals surface area contributed by atoms with E-state index in [-0.39, 0.29) is 40.4 Å². The number of rotatable bonds is 14. The zero-order valence-electron chi connectivity index (χ0n) is 26.9. The Bertz CT molecular complexity index is 2070. The molecule has 3 aromatic heterocycles. The van der Waals surface area contributed by atoms with Gasteiger partial charge in [-0.05, 0) is 37.1 Å². The van der Waals surface area contributed by atoms with E-state index in [1.54, 1.807) is 48.8 Å². The lowest BCUT2D eigenvalue weighted by molar-refractivity contribution is 0.301. The zero-order chi connectivity index (χ0) is 34.2. The number of aromatic amines is 1. The number of H-pyrrole nitrogens is 1. The summed E-state index contributed by atoms with van der Waals surface area (Å²) in [5, 5.41) is 10.1. The number of nitrogens with zero attached hydrogens (tertiary/aromatic N) is 3. The molecule has 0 spiro atoms. The molecule has 13 nitrogen and oxygen atoms in total. The third-order valence-corrected chi connectivity index (χ3v) is 8.22. The number of nitriles is 1. The van der Waals surface area contributed by atoms with Gasteiger partial charge in [0.25, 0.3) is 5.56 Å². The first-order valence-electron chi connectivity index (χ1n) is 14.6. The first kappa shape index (κ1) is 33.7. The number of hydrogen-bond donors (Lipinski definition) is 1. The fourth-order valence-electron chi connectivity index (χ4n) is 4.95. The van der Waals surface area contributed by atoms with Crippen LogP contribution < -0.4 is 39.4 Å². The quantitative estimate of drug-likeness (QED) is 0.0896. The molecule has 5 aromatic rings. The van der Waals surface area contributed by atoms with Gasteiger partial charge in [0.1, 0.15) is 34.1 Å². The van der Waals surface area contributed by atoms with Crippen molar-refractivity contribution in [2.45, 2.75) is 18.0 Å². The zero-order valence-corrected chi connectivity index (χ0v) is 27.7. The van der Waals surface area contributed by atoms with Crippen LogP contribution in [0.5, 0.6) is 34.5 Å². The number of benzene rings is 2. The highest BCUT2D eigenvalue weighted by Crippen LogP contribution is 2.44. The van der Waals surface area contributed by atoms with E-state index in [9.17, 15) is 14.9 Å². The molecule has 0 aliphatic carbocycles. The van der Waals surface area contributed by atoms with Crippen molar-refractivity contribution in [1.82, 2.24) is 15.0 Å². The summed E-state index contributed by atoms with van der Waals surface area (Å²) < 4.78 is 39.9. The van der Waals surface area contributed by atoms with E-state index >= 15 is 0 Å². The van der Waals surface area contributed by atoms with E-state index in [0.717, 1.165) is 0 Å². The highest BCUT2D eigenvalue weighted by molar-refractivity contribution is 7.99. The Balaban J connectivity index is 1.41. The lowest BCUT2D eigenvalue weighted by atomic mass is 10.1. The predicted octanol–water partition coefficient (Wildman–Crippen LogP) is 5.47. The molecule has 0 aliphatic rings. The van der Waals surface area contributed by atoms with Crippen LogP contribution in [0, 0.1) is 11.3 Å². The molecular weight excluding hydrogens is 640 g/mol. The van der Waals surface area contributed by atoms with Gasteiger partial charge >= 0.3 is 0 Å². The summed E-state index contributed by atoms with van der Waals surface area (Å²) >= 11 is 1.34. The van der Waals surface area contributed by atoms with Crippen LogP contribution in [0.1, 0.15) is 18.4 Å². The van der Waals surface area contributed by atoms with Crippen molar-refractivity contribution in [3.05, 3.63) is 74.9 Å². The first-order valence-corrected chi connectivity index (χ1v) is 15.6. The second kappa shape index (κ2) is 15.3. The molecular formula is C34H32N4O9S. The maximum Gasteiger partial charge on any atom is 0.270 e. The molecule has 1 N–H and O–H groups in total. The van der Waals surface area contributed by atoms with Gasteiger partial charge in [-0.2, -0.15) is 5.26 Å². The van der Waals surface area contributed by atoms with Crippen molar-refractivity contribution >= 4 is 22.7 Å². The molecule has 0 fully saturated rings. The fraction of sp³-hybridized carbons (Fsp3) is 0.265. The molecule has 2 aromatic carbocycles. The van der Waals surface area contributed by atoms with Crippen LogP contribution >= 0.6 is 11.8 Å². The molecule has 0 amide bonds. The molecule has 0 saturated carbocycles. The number of fused-ring (bicyclic) bond motifs is 1. The predicted molar refractivity (Wildman–Crippen MR) is 179 cm³/mol. The number of hydrogen-bond acceptors (Lipinski definition) is 13. The van der Waals surface area contributed by atoms with Crippen molar-refractivity contribution in [2.75, 3.05) is 47.9 Å².